The number of hydrogen-bond donors (Lipinski definition) is 1. The van der Waals surface area contributed by atoms with Crippen LogP contribution in [-0.2, 0) is 0 Å². The molecule has 0 spiro atoms. The van der Waals surface area contributed by atoms with Crippen molar-refractivity contribution in [1.82, 2.24) is 9.66 Å². The van der Waals surface area contributed by atoms with Crippen molar-refractivity contribution in [2.24, 2.45) is 5.10 Å². The number of aromatic nitrogens is 2. The number of allylic oxidation sites excluding steroid dienone is 1. The molecule has 5 heteroatoms. The Hall–Kier alpha value is -1.91. The molecule has 0 atom stereocenters. The zero-order valence-corrected chi connectivity index (χ0v) is 8.06. The van der Waals surface area contributed by atoms with Gasteiger partial charge in [0.15, 0.2) is 11.5 Å². The number of carboxylic acid groups (broad SMARTS) is 1. The minimum absolute atomic E-state index is 0.0288. The van der Waals surface area contributed by atoms with Crippen LogP contribution < -0.4 is 0 Å². The van der Waals surface area contributed by atoms with Crippen LogP contribution in [0, 0.1) is 0 Å². The van der Waals surface area contributed by atoms with E-state index in [0.717, 1.165) is 0 Å². The molecule has 0 amide bonds. The molecule has 0 unspecified atom stereocenters. The van der Waals surface area contributed by atoms with Crippen LogP contribution in [0.1, 0.15) is 30.2 Å². The van der Waals surface area contributed by atoms with Crippen molar-refractivity contribution in [2.75, 3.05) is 0 Å². The van der Waals surface area contributed by atoms with Crippen LogP contribution in [0.5, 0.6) is 0 Å². The predicted molar refractivity (Wildman–Crippen MR) is 53.5 cm³/mol. The van der Waals surface area contributed by atoms with Gasteiger partial charge in [0.25, 0.3) is 0 Å². The molecule has 1 N–H and O–H groups in total. The van der Waals surface area contributed by atoms with E-state index in [9.17, 15) is 4.79 Å². The minimum atomic E-state index is -1.06. The Balaban J connectivity index is 3.34. The van der Waals surface area contributed by atoms with E-state index < -0.39 is 5.97 Å². The summed E-state index contributed by atoms with van der Waals surface area (Å²) < 4.78 is 1.25. The first kappa shape index (κ1) is 10.2. The van der Waals surface area contributed by atoms with Crippen molar-refractivity contribution in [3.8, 4) is 0 Å². The van der Waals surface area contributed by atoms with E-state index in [1.807, 2.05) is 0 Å². The Kier molecular flexibility index (Phi) is 2.81. The minimum Gasteiger partial charge on any atom is -0.476 e. The number of aromatic carboxylic acids is 1. The van der Waals surface area contributed by atoms with Gasteiger partial charge in [-0.05, 0) is 19.4 Å². The summed E-state index contributed by atoms with van der Waals surface area (Å²) in [6.07, 6.45) is 2.76. The van der Waals surface area contributed by atoms with Crippen LogP contribution in [0.15, 0.2) is 17.9 Å². The van der Waals surface area contributed by atoms with Gasteiger partial charge < -0.3 is 5.11 Å². The number of hydrogen-bond acceptors (Lipinski definition) is 3. The van der Waals surface area contributed by atoms with Crippen LogP contribution in [0.25, 0.3) is 5.57 Å². The maximum atomic E-state index is 10.8. The summed E-state index contributed by atoms with van der Waals surface area (Å²) in [5.74, 6) is -0.601. The third kappa shape index (κ3) is 1.71. The first-order valence-electron chi connectivity index (χ1n) is 4.03. The van der Waals surface area contributed by atoms with Gasteiger partial charge in [-0.15, -0.1) is 0 Å². The number of carboxylic acids is 1. The smallest absolute Gasteiger partial charge is 0.356 e. The Morgan fingerprint density at radius 3 is 2.86 bits per heavy atom. The van der Waals surface area contributed by atoms with E-state index in [0.29, 0.717) is 11.4 Å². The highest BCUT2D eigenvalue weighted by Crippen LogP contribution is 2.12. The number of imidazole rings is 1. The van der Waals surface area contributed by atoms with E-state index in [1.165, 1.54) is 17.1 Å². The molecule has 1 aromatic heterocycles. The SMILES string of the molecule is C=C(C)c1ncc(C(=O)O)n1/N=C\C. The van der Waals surface area contributed by atoms with Gasteiger partial charge in [0, 0.05) is 6.21 Å². The lowest BCUT2D eigenvalue weighted by atomic mass is 10.3. The fraction of sp³-hybridized carbons (Fsp3) is 0.222. The Labute approximate surface area is 81.4 Å². The lowest BCUT2D eigenvalue weighted by molar-refractivity contribution is 0.0686. The average Bonchev–Trinajstić information content (AvgIpc) is 2.48. The highest BCUT2D eigenvalue weighted by molar-refractivity contribution is 5.86. The Morgan fingerprint density at radius 1 is 1.79 bits per heavy atom. The second kappa shape index (κ2) is 3.87. The second-order valence-electron chi connectivity index (χ2n) is 2.74. The third-order valence-corrected chi connectivity index (χ3v) is 1.57. The molecule has 0 saturated heterocycles. The first-order chi connectivity index (χ1) is 6.57. The highest BCUT2D eigenvalue weighted by Gasteiger charge is 2.14. The van der Waals surface area contributed by atoms with Crippen LogP contribution in [0.2, 0.25) is 0 Å². The van der Waals surface area contributed by atoms with Gasteiger partial charge in [0.2, 0.25) is 0 Å². The number of rotatable bonds is 3. The number of nitrogens with zero attached hydrogens (tertiary/aromatic N) is 3. The summed E-state index contributed by atoms with van der Waals surface area (Å²) in [7, 11) is 0. The van der Waals surface area contributed by atoms with Crippen LogP contribution >= 0.6 is 0 Å². The van der Waals surface area contributed by atoms with Crippen LogP contribution in [0.4, 0.5) is 0 Å². The topological polar surface area (TPSA) is 67.5 Å². The molecule has 0 bridgehead atoms. The molecule has 0 aromatic carbocycles. The molecule has 1 rings (SSSR count). The first-order valence-corrected chi connectivity index (χ1v) is 4.03. The normalized spacial score (nSPS) is 10.7. The van der Waals surface area contributed by atoms with Crippen molar-refractivity contribution in [3.05, 3.63) is 24.3 Å². The predicted octanol–water partition coefficient (Wildman–Crippen LogP) is 1.47. The van der Waals surface area contributed by atoms with Crippen molar-refractivity contribution >= 4 is 17.8 Å². The van der Waals surface area contributed by atoms with Gasteiger partial charge in [-0.2, -0.15) is 5.10 Å². The fourth-order valence-corrected chi connectivity index (χ4v) is 1.01. The summed E-state index contributed by atoms with van der Waals surface area (Å²) in [6, 6.07) is 0. The van der Waals surface area contributed by atoms with Crippen LogP contribution in [0.3, 0.4) is 0 Å². The summed E-state index contributed by atoms with van der Waals surface area (Å²) in [6.45, 7) is 7.14. The van der Waals surface area contributed by atoms with Gasteiger partial charge in [-0.3, -0.25) is 0 Å². The molecule has 0 aliphatic heterocycles. The van der Waals surface area contributed by atoms with Crippen molar-refractivity contribution in [3.63, 3.8) is 0 Å². The van der Waals surface area contributed by atoms with Gasteiger partial charge in [0.05, 0.1) is 6.20 Å². The van der Waals surface area contributed by atoms with Crippen molar-refractivity contribution in [1.29, 1.82) is 0 Å². The maximum Gasteiger partial charge on any atom is 0.356 e. The van der Waals surface area contributed by atoms with E-state index >= 15 is 0 Å². The van der Waals surface area contributed by atoms with E-state index in [2.05, 4.69) is 16.7 Å². The van der Waals surface area contributed by atoms with E-state index in [-0.39, 0.29) is 5.69 Å². The van der Waals surface area contributed by atoms with Gasteiger partial charge >= 0.3 is 5.97 Å². The molecule has 74 valence electrons. The monoisotopic (exact) mass is 193 g/mol. The van der Waals surface area contributed by atoms with E-state index in [4.69, 9.17) is 5.11 Å². The van der Waals surface area contributed by atoms with Crippen molar-refractivity contribution in [2.45, 2.75) is 13.8 Å². The highest BCUT2D eigenvalue weighted by atomic mass is 16.4. The quantitative estimate of drug-likeness (QED) is 0.739. The zero-order chi connectivity index (χ0) is 10.7. The molecule has 14 heavy (non-hydrogen) atoms. The molecular weight excluding hydrogens is 182 g/mol. The maximum absolute atomic E-state index is 10.8. The summed E-state index contributed by atoms with van der Waals surface area (Å²) in [5, 5.41) is 12.7. The largest absolute Gasteiger partial charge is 0.476 e. The summed E-state index contributed by atoms with van der Waals surface area (Å²) in [4.78, 5) is 14.7. The standard InChI is InChI=1S/C9H11N3O2/c1-4-11-12-7(9(13)14)5-10-8(12)6(2)3/h4-5H,2H2,1,3H3,(H,13,14)/b11-4-. The molecule has 0 fully saturated rings. The van der Waals surface area contributed by atoms with Gasteiger partial charge in [0.1, 0.15) is 0 Å². The number of carbonyl (C=O) groups is 1. The molecule has 0 aliphatic rings. The molecular formula is C9H11N3O2. The average molecular weight is 193 g/mol. The van der Waals surface area contributed by atoms with Crippen LogP contribution in [-0.4, -0.2) is 27.0 Å². The lowest BCUT2D eigenvalue weighted by Crippen LogP contribution is -2.06. The van der Waals surface area contributed by atoms with Gasteiger partial charge in [-0.25, -0.2) is 14.5 Å². The fourth-order valence-electron chi connectivity index (χ4n) is 1.01. The zero-order valence-electron chi connectivity index (χ0n) is 8.06. The Bertz CT molecular complexity index is 373. The molecule has 5 nitrogen and oxygen atoms in total. The molecule has 1 aromatic rings. The molecule has 0 saturated carbocycles. The molecule has 0 radical (unpaired) electrons. The van der Waals surface area contributed by atoms with Crippen molar-refractivity contribution < 1.29 is 9.90 Å². The second-order valence-corrected chi connectivity index (χ2v) is 2.74. The third-order valence-electron chi connectivity index (χ3n) is 1.57. The molecule has 1 heterocycles. The summed E-state index contributed by atoms with van der Waals surface area (Å²) >= 11 is 0. The van der Waals surface area contributed by atoms with Gasteiger partial charge in [-0.1, -0.05) is 6.58 Å². The lowest BCUT2D eigenvalue weighted by Gasteiger charge is -2.01. The molecule has 0 aliphatic carbocycles. The van der Waals surface area contributed by atoms with E-state index in [1.54, 1.807) is 13.8 Å². The Morgan fingerprint density at radius 2 is 2.43 bits per heavy atom. The summed E-state index contributed by atoms with van der Waals surface area (Å²) in [5.41, 5.74) is 0.698.